The molecule has 0 spiro atoms. The fraction of sp³-hybridized carbons (Fsp3) is 0.267. The van der Waals surface area contributed by atoms with Gasteiger partial charge in [0, 0.05) is 19.2 Å². The number of nitro groups is 1. The van der Waals surface area contributed by atoms with Gasteiger partial charge >= 0.3 is 0 Å². The zero-order chi connectivity index (χ0) is 17.9. The number of hydrogen-bond donors (Lipinski definition) is 1. The number of furan rings is 1. The molecule has 0 aliphatic carbocycles. The van der Waals surface area contributed by atoms with Crippen molar-refractivity contribution in [1.29, 1.82) is 0 Å². The van der Waals surface area contributed by atoms with Crippen molar-refractivity contribution >= 4 is 27.6 Å². The van der Waals surface area contributed by atoms with Crippen molar-refractivity contribution in [2.24, 2.45) is 5.10 Å². The van der Waals surface area contributed by atoms with Crippen LogP contribution in [0.2, 0.25) is 0 Å². The summed E-state index contributed by atoms with van der Waals surface area (Å²) in [4.78, 5) is 10.6. The molecule has 10 heteroatoms. The summed E-state index contributed by atoms with van der Waals surface area (Å²) in [6.45, 7) is 0.868. The van der Waals surface area contributed by atoms with E-state index < -0.39 is 14.9 Å². The molecule has 25 heavy (non-hydrogen) atoms. The fourth-order valence-corrected chi connectivity index (χ4v) is 4.06. The van der Waals surface area contributed by atoms with Crippen molar-refractivity contribution in [3.8, 4) is 0 Å². The van der Waals surface area contributed by atoms with Crippen molar-refractivity contribution in [3.05, 3.63) is 52.5 Å². The molecule has 1 fully saturated rings. The first-order chi connectivity index (χ1) is 12.0. The molecule has 1 aliphatic rings. The lowest BCUT2D eigenvalue weighted by molar-refractivity contribution is -0.384. The van der Waals surface area contributed by atoms with E-state index in [4.69, 9.17) is 4.42 Å². The van der Waals surface area contributed by atoms with Crippen LogP contribution >= 0.6 is 0 Å². The van der Waals surface area contributed by atoms with Crippen molar-refractivity contribution < 1.29 is 17.8 Å². The summed E-state index contributed by atoms with van der Waals surface area (Å²) in [7, 11) is -3.72. The molecule has 0 saturated carbocycles. The van der Waals surface area contributed by atoms with Crippen molar-refractivity contribution in [1.82, 2.24) is 4.31 Å². The average molecular weight is 364 g/mol. The Balaban J connectivity index is 1.86. The van der Waals surface area contributed by atoms with Gasteiger partial charge in [-0.15, -0.1) is 0 Å². The van der Waals surface area contributed by atoms with E-state index in [0.717, 1.165) is 18.9 Å². The molecule has 1 aromatic carbocycles. The Hall–Kier alpha value is -2.72. The normalized spacial score (nSPS) is 15.7. The number of rotatable bonds is 6. The highest BCUT2D eigenvalue weighted by molar-refractivity contribution is 7.89. The highest BCUT2D eigenvalue weighted by Crippen LogP contribution is 2.30. The lowest BCUT2D eigenvalue weighted by Crippen LogP contribution is -2.27. The third-order valence-electron chi connectivity index (χ3n) is 3.79. The Morgan fingerprint density at radius 1 is 1.28 bits per heavy atom. The molecule has 3 rings (SSSR count). The van der Waals surface area contributed by atoms with Crippen LogP contribution in [0.1, 0.15) is 18.6 Å². The molecule has 0 radical (unpaired) electrons. The van der Waals surface area contributed by atoms with Gasteiger partial charge in [-0.25, -0.2) is 8.42 Å². The van der Waals surface area contributed by atoms with E-state index in [1.807, 2.05) is 0 Å². The molecule has 0 amide bonds. The Bertz CT molecular complexity index is 887. The van der Waals surface area contributed by atoms with E-state index in [-0.39, 0.29) is 16.3 Å². The molecule has 9 nitrogen and oxygen atoms in total. The van der Waals surface area contributed by atoms with Gasteiger partial charge in [0.05, 0.1) is 22.3 Å². The monoisotopic (exact) mass is 364 g/mol. The molecular weight excluding hydrogens is 348 g/mol. The highest BCUT2D eigenvalue weighted by Gasteiger charge is 2.29. The van der Waals surface area contributed by atoms with E-state index in [1.165, 1.54) is 28.9 Å². The molecule has 2 aromatic rings. The molecule has 132 valence electrons. The number of nitro benzene ring substituents is 1. The number of hydrogen-bond acceptors (Lipinski definition) is 7. The lowest BCUT2D eigenvalue weighted by atomic mass is 10.3. The summed E-state index contributed by atoms with van der Waals surface area (Å²) < 4.78 is 31.5. The van der Waals surface area contributed by atoms with E-state index in [1.54, 1.807) is 12.1 Å². The quantitative estimate of drug-likeness (QED) is 0.478. The standard InChI is InChI=1S/C15H16N4O5S/c20-19(21)15-10-13(25(22,23)18-7-1-2-8-18)5-6-14(15)17-16-11-12-4-3-9-24-12/h3-6,9-11,17H,1-2,7-8H2/b16-11+. The van der Waals surface area contributed by atoms with Gasteiger partial charge in [0.2, 0.25) is 10.0 Å². The Labute approximate surface area is 144 Å². The second-order valence-corrected chi connectivity index (χ2v) is 7.37. The first-order valence-corrected chi connectivity index (χ1v) is 9.03. The predicted octanol–water partition coefficient (Wildman–Crippen LogP) is 2.42. The van der Waals surface area contributed by atoms with E-state index in [0.29, 0.717) is 18.8 Å². The highest BCUT2D eigenvalue weighted by atomic mass is 32.2. The minimum absolute atomic E-state index is 0.0909. The topological polar surface area (TPSA) is 118 Å². The smallest absolute Gasteiger partial charge is 0.295 e. The van der Waals surface area contributed by atoms with Gasteiger partial charge in [0.25, 0.3) is 5.69 Å². The molecule has 0 unspecified atom stereocenters. The number of nitrogens with one attached hydrogen (secondary N) is 1. The lowest BCUT2D eigenvalue weighted by Gasteiger charge is -2.15. The summed E-state index contributed by atoms with van der Waals surface area (Å²) >= 11 is 0. The summed E-state index contributed by atoms with van der Waals surface area (Å²) in [6, 6.07) is 7.08. The van der Waals surface area contributed by atoms with Crippen molar-refractivity contribution in [2.75, 3.05) is 18.5 Å². The Kier molecular flexibility index (Phi) is 4.81. The molecule has 0 bridgehead atoms. The Morgan fingerprint density at radius 2 is 2.04 bits per heavy atom. The van der Waals surface area contributed by atoms with Gasteiger partial charge in [0.15, 0.2) is 0 Å². The van der Waals surface area contributed by atoms with Crippen LogP contribution in [-0.2, 0) is 10.0 Å². The molecular formula is C15H16N4O5S. The van der Waals surface area contributed by atoms with Gasteiger partial charge in [-0.1, -0.05) is 0 Å². The van der Waals surface area contributed by atoms with Crippen LogP contribution in [-0.4, -0.2) is 37.0 Å². The summed E-state index contributed by atoms with van der Waals surface area (Å²) in [6.07, 6.45) is 4.42. The molecule has 0 atom stereocenters. The molecule has 1 aliphatic heterocycles. The zero-order valence-corrected chi connectivity index (χ0v) is 14.0. The predicted molar refractivity (Wildman–Crippen MR) is 91.0 cm³/mol. The third kappa shape index (κ3) is 3.69. The van der Waals surface area contributed by atoms with E-state index in [9.17, 15) is 18.5 Å². The first-order valence-electron chi connectivity index (χ1n) is 7.59. The average Bonchev–Trinajstić information content (AvgIpc) is 3.28. The third-order valence-corrected chi connectivity index (χ3v) is 5.68. The first kappa shape index (κ1) is 17.1. The maximum Gasteiger partial charge on any atom is 0.295 e. The number of benzene rings is 1. The minimum Gasteiger partial charge on any atom is -0.463 e. The van der Waals surface area contributed by atoms with Crippen LogP contribution < -0.4 is 5.43 Å². The van der Waals surface area contributed by atoms with Gasteiger partial charge in [0.1, 0.15) is 11.4 Å². The van der Waals surface area contributed by atoms with Crippen LogP contribution in [0, 0.1) is 10.1 Å². The van der Waals surface area contributed by atoms with Crippen LogP contribution in [0.3, 0.4) is 0 Å². The maximum absolute atomic E-state index is 12.5. The second kappa shape index (κ2) is 7.03. The SMILES string of the molecule is O=[N+]([O-])c1cc(S(=O)(=O)N2CCCC2)ccc1N/N=C/c1ccco1. The van der Waals surface area contributed by atoms with E-state index in [2.05, 4.69) is 10.5 Å². The molecule has 1 saturated heterocycles. The van der Waals surface area contributed by atoms with Crippen LogP contribution in [0.25, 0.3) is 0 Å². The number of nitrogens with zero attached hydrogens (tertiary/aromatic N) is 3. The molecule has 1 aromatic heterocycles. The summed E-state index contributed by atoms with van der Waals surface area (Å²) in [5.74, 6) is 0.475. The summed E-state index contributed by atoms with van der Waals surface area (Å²) in [5.41, 5.74) is 2.27. The molecule has 2 heterocycles. The van der Waals surface area contributed by atoms with Crippen molar-refractivity contribution in [2.45, 2.75) is 17.7 Å². The van der Waals surface area contributed by atoms with Crippen LogP contribution in [0.4, 0.5) is 11.4 Å². The maximum atomic E-state index is 12.5. The van der Waals surface area contributed by atoms with Gasteiger partial charge in [-0.3, -0.25) is 15.5 Å². The van der Waals surface area contributed by atoms with Crippen molar-refractivity contribution in [3.63, 3.8) is 0 Å². The minimum atomic E-state index is -3.72. The fourth-order valence-electron chi connectivity index (χ4n) is 2.53. The largest absolute Gasteiger partial charge is 0.463 e. The Morgan fingerprint density at radius 3 is 2.68 bits per heavy atom. The van der Waals surface area contributed by atoms with Gasteiger partial charge in [-0.2, -0.15) is 9.41 Å². The number of hydrazone groups is 1. The van der Waals surface area contributed by atoms with Crippen LogP contribution in [0.5, 0.6) is 0 Å². The van der Waals surface area contributed by atoms with Gasteiger partial charge < -0.3 is 4.42 Å². The zero-order valence-electron chi connectivity index (χ0n) is 13.2. The summed E-state index contributed by atoms with van der Waals surface area (Å²) in [5, 5.41) is 15.2. The van der Waals surface area contributed by atoms with Gasteiger partial charge in [-0.05, 0) is 37.1 Å². The number of sulfonamides is 1. The second-order valence-electron chi connectivity index (χ2n) is 5.43. The number of anilines is 1. The van der Waals surface area contributed by atoms with Crippen LogP contribution in [0.15, 0.2) is 51.0 Å². The molecule has 1 N–H and O–H groups in total. The van der Waals surface area contributed by atoms with E-state index >= 15 is 0 Å².